The number of carbonyl (C=O) groups is 2. The van der Waals surface area contributed by atoms with E-state index in [0.717, 1.165) is 20.0 Å². The van der Waals surface area contributed by atoms with E-state index in [2.05, 4.69) is 5.32 Å². The summed E-state index contributed by atoms with van der Waals surface area (Å²) in [6, 6.07) is 18.1. The number of methoxy groups -OCH3 is 1. The van der Waals surface area contributed by atoms with E-state index in [0.29, 0.717) is 21.2 Å². The molecule has 3 aromatic carbocycles. The van der Waals surface area contributed by atoms with Gasteiger partial charge in [0.25, 0.3) is 0 Å². The standard InChI is InChI=1S/C26H22Cl2N2O5S2/c1-16-3-7-20(8-4-16)37(33,34)30(14-17-5-9-21(27)22(28)11-17)15-25(31)29-19-6-10-23-18(12-19)13-24(36-23)26(32)35-2/h3-13H,14-15H2,1-2H3,(H,29,31). The Kier molecular flexibility index (Phi) is 8.20. The van der Waals surface area contributed by atoms with Crippen molar-refractivity contribution in [2.24, 2.45) is 0 Å². The maximum atomic E-state index is 13.5. The Labute approximate surface area is 228 Å². The molecular formula is C26H22Cl2N2O5S2. The Morgan fingerprint density at radius 2 is 1.70 bits per heavy atom. The molecule has 0 spiro atoms. The fraction of sp³-hybridized carbons (Fsp3) is 0.154. The van der Waals surface area contributed by atoms with E-state index in [9.17, 15) is 18.0 Å². The third-order valence-corrected chi connectivity index (χ3v) is 9.15. The van der Waals surface area contributed by atoms with E-state index in [-0.39, 0.29) is 16.5 Å². The Balaban J connectivity index is 1.59. The van der Waals surface area contributed by atoms with Crippen LogP contribution in [-0.2, 0) is 26.1 Å². The third kappa shape index (κ3) is 6.31. The summed E-state index contributed by atoms with van der Waals surface area (Å²) in [5.41, 5.74) is 1.95. The van der Waals surface area contributed by atoms with Crippen LogP contribution in [0.3, 0.4) is 0 Å². The van der Waals surface area contributed by atoms with Gasteiger partial charge in [0.2, 0.25) is 15.9 Å². The van der Waals surface area contributed by atoms with Crippen molar-refractivity contribution < 1.29 is 22.7 Å². The molecule has 0 atom stereocenters. The normalized spacial score (nSPS) is 11.6. The quantitative estimate of drug-likeness (QED) is 0.254. The number of benzene rings is 3. The first-order chi connectivity index (χ1) is 17.6. The van der Waals surface area contributed by atoms with Gasteiger partial charge < -0.3 is 10.1 Å². The zero-order valence-electron chi connectivity index (χ0n) is 19.8. The van der Waals surface area contributed by atoms with Gasteiger partial charge in [-0.1, -0.05) is 47.0 Å². The SMILES string of the molecule is COC(=O)c1cc2cc(NC(=O)CN(Cc3ccc(Cl)c(Cl)c3)S(=O)(=O)c3ccc(C)cc3)ccc2s1. The molecule has 0 bridgehead atoms. The number of aryl methyl sites for hydroxylation is 1. The van der Waals surface area contributed by atoms with E-state index in [1.54, 1.807) is 54.6 Å². The minimum atomic E-state index is -4.02. The van der Waals surface area contributed by atoms with Crippen LogP contribution >= 0.6 is 34.5 Å². The van der Waals surface area contributed by atoms with Crippen molar-refractivity contribution in [3.8, 4) is 0 Å². The number of rotatable bonds is 8. The number of halogens is 2. The molecule has 0 aliphatic heterocycles. The summed E-state index contributed by atoms with van der Waals surface area (Å²) in [5.74, 6) is -0.968. The molecule has 0 saturated carbocycles. The second-order valence-electron chi connectivity index (χ2n) is 8.24. The van der Waals surface area contributed by atoms with Gasteiger partial charge in [-0.25, -0.2) is 13.2 Å². The fourth-order valence-corrected chi connectivity index (χ4v) is 6.28. The van der Waals surface area contributed by atoms with E-state index in [1.165, 1.54) is 30.6 Å². The lowest BCUT2D eigenvalue weighted by Gasteiger charge is -2.22. The van der Waals surface area contributed by atoms with Crippen molar-refractivity contribution in [3.05, 3.63) is 92.8 Å². The molecule has 0 unspecified atom stereocenters. The molecule has 0 saturated heterocycles. The van der Waals surface area contributed by atoms with Crippen LogP contribution in [0.2, 0.25) is 10.0 Å². The van der Waals surface area contributed by atoms with Crippen LogP contribution in [0, 0.1) is 6.92 Å². The van der Waals surface area contributed by atoms with Gasteiger partial charge in [-0.3, -0.25) is 4.79 Å². The molecule has 0 fully saturated rings. The topological polar surface area (TPSA) is 92.8 Å². The number of nitrogens with one attached hydrogen (secondary N) is 1. The maximum absolute atomic E-state index is 13.5. The second kappa shape index (κ2) is 11.2. The van der Waals surface area contributed by atoms with Crippen LogP contribution in [0.25, 0.3) is 10.1 Å². The van der Waals surface area contributed by atoms with Gasteiger partial charge in [-0.05, 0) is 66.4 Å². The summed E-state index contributed by atoms with van der Waals surface area (Å²) in [5, 5.41) is 4.13. The molecule has 192 valence electrons. The summed E-state index contributed by atoms with van der Waals surface area (Å²) in [4.78, 5) is 25.4. The molecule has 7 nitrogen and oxygen atoms in total. The molecule has 0 aliphatic rings. The Hall–Kier alpha value is -2.95. The molecule has 1 amide bonds. The maximum Gasteiger partial charge on any atom is 0.348 e. The number of anilines is 1. The number of carbonyl (C=O) groups excluding carboxylic acids is 2. The average Bonchev–Trinajstić information content (AvgIpc) is 3.29. The van der Waals surface area contributed by atoms with E-state index >= 15 is 0 Å². The summed E-state index contributed by atoms with van der Waals surface area (Å²) in [6.45, 7) is 1.33. The van der Waals surface area contributed by atoms with Crippen molar-refractivity contribution >= 4 is 72.2 Å². The molecule has 4 rings (SSSR count). The van der Waals surface area contributed by atoms with Gasteiger partial charge >= 0.3 is 5.97 Å². The Morgan fingerprint density at radius 3 is 2.38 bits per heavy atom. The first-order valence-electron chi connectivity index (χ1n) is 11.0. The minimum absolute atomic E-state index is 0.0704. The molecule has 1 N–H and O–H groups in total. The van der Waals surface area contributed by atoms with Gasteiger partial charge in [-0.15, -0.1) is 11.3 Å². The van der Waals surface area contributed by atoms with Gasteiger partial charge in [0, 0.05) is 16.9 Å². The number of ether oxygens (including phenoxy) is 1. The lowest BCUT2D eigenvalue weighted by Crippen LogP contribution is -2.37. The van der Waals surface area contributed by atoms with Crippen LogP contribution in [0.15, 0.2) is 71.6 Å². The monoisotopic (exact) mass is 576 g/mol. The number of thiophene rings is 1. The van der Waals surface area contributed by atoms with Gasteiger partial charge in [-0.2, -0.15) is 4.31 Å². The molecule has 0 radical (unpaired) electrons. The smallest absolute Gasteiger partial charge is 0.348 e. The summed E-state index contributed by atoms with van der Waals surface area (Å²) in [6.07, 6.45) is 0. The molecule has 11 heteroatoms. The number of amides is 1. The Bertz CT molecular complexity index is 1580. The van der Waals surface area contributed by atoms with Crippen LogP contribution in [0.5, 0.6) is 0 Å². The predicted molar refractivity (Wildman–Crippen MR) is 147 cm³/mol. The van der Waals surface area contributed by atoms with E-state index in [4.69, 9.17) is 27.9 Å². The van der Waals surface area contributed by atoms with Crippen LogP contribution < -0.4 is 5.32 Å². The number of sulfonamides is 1. The Morgan fingerprint density at radius 1 is 0.973 bits per heavy atom. The summed E-state index contributed by atoms with van der Waals surface area (Å²) < 4.78 is 33.7. The number of fused-ring (bicyclic) bond motifs is 1. The predicted octanol–water partition coefficient (Wildman–Crippen LogP) is 6.13. The summed E-state index contributed by atoms with van der Waals surface area (Å²) >= 11 is 13.4. The highest BCUT2D eigenvalue weighted by atomic mass is 35.5. The third-order valence-electron chi connectivity index (χ3n) is 5.51. The van der Waals surface area contributed by atoms with Crippen molar-refractivity contribution in [3.63, 3.8) is 0 Å². The largest absolute Gasteiger partial charge is 0.465 e. The molecule has 4 aromatic rings. The number of hydrogen-bond acceptors (Lipinski definition) is 6. The van der Waals surface area contributed by atoms with Gasteiger partial charge in [0.15, 0.2) is 0 Å². The first kappa shape index (κ1) is 27.1. The average molecular weight is 578 g/mol. The van der Waals surface area contributed by atoms with Crippen molar-refractivity contribution in [1.29, 1.82) is 0 Å². The lowest BCUT2D eigenvalue weighted by atomic mass is 10.2. The van der Waals surface area contributed by atoms with Crippen LogP contribution in [-0.4, -0.2) is 38.3 Å². The van der Waals surface area contributed by atoms with Crippen molar-refractivity contribution in [2.45, 2.75) is 18.4 Å². The first-order valence-corrected chi connectivity index (χ1v) is 14.0. The number of hydrogen-bond donors (Lipinski definition) is 1. The number of nitrogens with zero attached hydrogens (tertiary/aromatic N) is 1. The molecule has 0 aliphatic carbocycles. The van der Waals surface area contributed by atoms with E-state index in [1.807, 2.05) is 6.92 Å². The second-order valence-corrected chi connectivity index (χ2v) is 12.1. The van der Waals surface area contributed by atoms with Crippen LogP contribution in [0.4, 0.5) is 5.69 Å². The summed E-state index contributed by atoms with van der Waals surface area (Å²) in [7, 11) is -2.71. The van der Waals surface area contributed by atoms with Crippen LogP contribution in [0.1, 0.15) is 20.8 Å². The molecule has 1 heterocycles. The minimum Gasteiger partial charge on any atom is -0.465 e. The molecule has 37 heavy (non-hydrogen) atoms. The zero-order chi connectivity index (χ0) is 26.7. The highest BCUT2D eigenvalue weighted by Gasteiger charge is 2.27. The molecular weight excluding hydrogens is 555 g/mol. The zero-order valence-corrected chi connectivity index (χ0v) is 23.0. The fourth-order valence-electron chi connectivity index (χ4n) is 3.61. The lowest BCUT2D eigenvalue weighted by molar-refractivity contribution is -0.116. The van der Waals surface area contributed by atoms with E-state index < -0.39 is 28.4 Å². The van der Waals surface area contributed by atoms with Crippen molar-refractivity contribution in [1.82, 2.24) is 4.31 Å². The van der Waals surface area contributed by atoms with Gasteiger partial charge in [0.05, 0.1) is 28.6 Å². The molecule has 1 aromatic heterocycles. The highest BCUT2D eigenvalue weighted by Crippen LogP contribution is 2.29. The van der Waals surface area contributed by atoms with Crippen molar-refractivity contribution in [2.75, 3.05) is 19.0 Å². The van der Waals surface area contributed by atoms with Gasteiger partial charge in [0.1, 0.15) is 4.88 Å². The number of esters is 1. The highest BCUT2D eigenvalue weighted by molar-refractivity contribution is 7.89.